The molecule has 1 N–H and O–H groups in total. The fraction of sp³-hybridized carbons (Fsp3) is 0.533. The zero-order valence-corrected chi connectivity index (χ0v) is 11.1. The van der Waals surface area contributed by atoms with E-state index in [4.69, 9.17) is 4.74 Å². The summed E-state index contributed by atoms with van der Waals surface area (Å²) < 4.78 is 5.21. The van der Waals surface area contributed by atoms with Gasteiger partial charge in [-0.25, -0.2) is 0 Å². The molecule has 1 aromatic carbocycles. The van der Waals surface area contributed by atoms with E-state index >= 15 is 0 Å². The Morgan fingerprint density at radius 2 is 2.33 bits per heavy atom. The number of anilines is 1. The van der Waals surface area contributed by atoms with Crippen LogP contribution in [0.4, 0.5) is 5.69 Å². The van der Waals surface area contributed by atoms with Crippen LogP contribution in [0.25, 0.3) is 0 Å². The van der Waals surface area contributed by atoms with Crippen molar-refractivity contribution in [3.05, 3.63) is 24.3 Å². The lowest BCUT2D eigenvalue weighted by molar-refractivity contribution is 0.308. The largest absolute Gasteiger partial charge is 0.497 e. The third kappa shape index (κ3) is 2.76. The zero-order chi connectivity index (χ0) is 13.0. The Balaban J connectivity index is 2.17. The average molecular weight is 244 g/mol. The monoisotopic (exact) mass is 244 g/mol. The normalized spacial score (nSPS) is 27.3. The van der Waals surface area contributed by atoms with E-state index in [1.807, 2.05) is 24.3 Å². The lowest BCUT2D eigenvalue weighted by Crippen LogP contribution is -2.41. The molecule has 3 nitrogen and oxygen atoms in total. The van der Waals surface area contributed by atoms with Gasteiger partial charge in [-0.1, -0.05) is 19.4 Å². The van der Waals surface area contributed by atoms with E-state index in [2.05, 4.69) is 18.3 Å². The third-order valence-corrected chi connectivity index (χ3v) is 3.66. The number of nitrogens with one attached hydrogen (secondary N) is 1. The zero-order valence-electron chi connectivity index (χ0n) is 11.1. The first kappa shape index (κ1) is 12.8. The molecule has 1 aliphatic rings. The highest BCUT2D eigenvalue weighted by Crippen LogP contribution is 2.35. The van der Waals surface area contributed by atoms with E-state index in [0.717, 1.165) is 30.7 Å². The summed E-state index contributed by atoms with van der Waals surface area (Å²) in [6, 6.07) is 10.3. The minimum atomic E-state index is -0.413. The van der Waals surface area contributed by atoms with Gasteiger partial charge in [-0.05, 0) is 37.3 Å². The number of nitrogens with zero attached hydrogens (tertiary/aromatic N) is 1. The molecule has 0 bridgehead atoms. The van der Waals surface area contributed by atoms with Crippen molar-refractivity contribution in [1.29, 1.82) is 5.26 Å². The molecule has 0 aliphatic heterocycles. The first-order chi connectivity index (χ1) is 8.67. The first-order valence-electron chi connectivity index (χ1n) is 6.51. The molecule has 2 atom stereocenters. The predicted octanol–water partition coefficient (Wildman–Crippen LogP) is 3.58. The van der Waals surface area contributed by atoms with Crippen molar-refractivity contribution >= 4 is 5.69 Å². The maximum Gasteiger partial charge on any atom is 0.125 e. The van der Waals surface area contributed by atoms with E-state index in [9.17, 15) is 5.26 Å². The second-order valence-electron chi connectivity index (χ2n) is 5.25. The molecule has 18 heavy (non-hydrogen) atoms. The number of rotatable bonds is 3. The SMILES string of the molecule is COc1cccc(NC2(C#N)CCCC(C)C2)c1. The maximum atomic E-state index is 9.50. The lowest BCUT2D eigenvalue weighted by Gasteiger charge is -2.35. The minimum absolute atomic E-state index is 0.413. The number of benzene rings is 1. The summed E-state index contributed by atoms with van der Waals surface area (Å²) >= 11 is 0. The Labute approximate surface area is 109 Å². The molecule has 0 aromatic heterocycles. The van der Waals surface area contributed by atoms with Crippen molar-refractivity contribution in [1.82, 2.24) is 0 Å². The second-order valence-corrected chi connectivity index (χ2v) is 5.25. The molecule has 1 aromatic rings. The van der Waals surface area contributed by atoms with Crippen LogP contribution in [-0.4, -0.2) is 12.6 Å². The molecule has 0 heterocycles. The van der Waals surface area contributed by atoms with E-state index in [-0.39, 0.29) is 0 Å². The van der Waals surface area contributed by atoms with Crippen LogP contribution in [0, 0.1) is 17.2 Å². The van der Waals surface area contributed by atoms with E-state index < -0.39 is 5.54 Å². The van der Waals surface area contributed by atoms with Crippen LogP contribution in [0.15, 0.2) is 24.3 Å². The van der Waals surface area contributed by atoms with Crippen molar-refractivity contribution in [2.45, 2.75) is 38.1 Å². The van der Waals surface area contributed by atoms with Gasteiger partial charge in [0.05, 0.1) is 13.2 Å². The van der Waals surface area contributed by atoms with Gasteiger partial charge in [0.25, 0.3) is 0 Å². The van der Waals surface area contributed by atoms with Crippen molar-refractivity contribution < 1.29 is 4.74 Å². The van der Waals surface area contributed by atoms with Gasteiger partial charge in [-0.15, -0.1) is 0 Å². The second kappa shape index (κ2) is 5.30. The standard InChI is InChI=1S/C15H20N2O/c1-12-5-4-8-15(10-12,11-16)17-13-6-3-7-14(9-13)18-2/h3,6-7,9,12,17H,4-5,8,10H2,1-2H3. The Morgan fingerprint density at radius 1 is 1.50 bits per heavy atom. The van der Waals surface area contributed by atoms with Crippen molar-refractivity contribution in [2.75, 3.05) is 12.4 Å². The smallest absolute Gasteiger partial charge is 0.125 e. The average Bonchev–Trinajstić information content (AvgIpc) is 2.39. The maximum absolute atomic E-state index is 9.50. The molecular weight excluding hydrogens is 224 g/mol. The molecule has 3 heteroatoms. The molecule has 0 radical (unpaired) electrons. The van der Waals surface area contributed by atoms with Gasteiger partial charge < -0.3 is 10.1 Å². The van der Waals surface area contributed by atoms with E-state index in [1.54, 1.807) is 7.11 Å². The summed E-state index contributed by atoms with van der Waals surface area (Å²) in [5, 5.41) is 12.9. The third-order valence-electron chi connectivity index (χ3n) is 3.66. The summed E-state index contributed by atoms with van der Waals surface area (Å²) in [5.74, 6) is 1.42. The van der Waals surface area contributed by atoms with Crippen LogP contribution < -0.4 is 10.1 Å². The molecular formula is C15H20N2O. The fourth-order valence-electron chi connectivity index (χ4n) is 2.77. The molecule has 0 spiro atoms. The molecule has 0 saturated heterocycles. The van der Waals surface area contributed by atoms with Crippen LogP contribution in [0.5, 0.6) is 5.75 Å². The first-order valence-corrected chi connectivity index (χ1v) is 6.51. The van der Waals surface area contributed by atoms with Gasteiger partial charge in [0.1, 0.15) is 11.3 Å². The molecule has 1 aliphatic carbocycles. The molecule has 2 rings (SSSR count). The number of ether oxygens (including phenoxy) is 1. The summed E-state index contributed by atoms with van der Waals surface area (Å²) in [4.78, 5) is 0. The Morgan fingerprint density at radius 3 is 3.00 bits per heavy atom. The van der Waals surface area contributed by atoms with E-state index in [1.165, 1.54) is 6.42 Å². The quantitative estimate of drug-likeness (QED) is 0.884. The number of methoxy groups -OCH3 is 1. The topological polar surface area (TPSA) is 45.0 Å². The van der Waals surface area contributed by atoms with Crippen molar-refractivity contribution in [2.24, 2.45) is 5.92 Å². The highest BCUT2D eigenvalue weighted by molar-refractivity contribution is 5.51. The Kier molecular flexibility index (Phi) is 3.76. The molecule has 0 amide bonds. The van der Waals surface area contributed by atoms with Crippen LogP contribution in [0.2, 0.25) is 0 Å². The molecule has 96 valence electrons. The highest BCUT2D eigenvalue weighted by Gasteiger charge is 2.34. The van der Waals surface area contributed by atoms with Gasteiger partial charge in [-0.2, -0.15) is 5.26 Å². The summed E-state index contributed by atoms with van der Waals surface area (Å²) in [6.45, 7) is 2.22. The van der Waals surface area contributed by atoms with Crippen LogP contribution >= 0.6 is 0 Å². The van der Waals surface area contributed by atoms with Gasteiger partial charge in [0, 0.05) is 11.8 Å². The molecule has 2 unspecified atom stereocenters. The highest BCUT2D eigenvalue weighted by atomic mass is 16.5. The van der Waals surface area contributed by atoms with Crippen LogP contribution in [-0.2, 0) is 0 Å². The molecule has 1 saturated carbocycles. The van der Waals surface area contributed by atoms with Gasteiger partial charge >= 0.3 is 0 Å². The van der Waals surface area contributed by atoms with Crippen LogP contribution in [0.3, 0.4) is 0 Å². The van der Waals surface area contributed by atoms with Gasteiger partial charge in [-0.3, -0.25) is 0 Å². The summed E-state index contributed by atoms with van der Waals surface area (Å²) in [5.41, 5.74) is 0.550. The minimum Gasteiger partial charge on any atom is -0.497 e. The molecule has 1 fully saturated rings. The van der Waals surface area contributed by atoms with Gasteiger partial charge in [0.15, 0.2) is 0 Å². The predicted molar refractivity (Wildman–Crippen MR) is 72.6 cm³/mol. The summed E-state index contributed by atoms with van der Waals surface area (Å²) in [6.07, 6.45) is 4.18. The number of hydrogen-bond acceptors (Lipinski definition) is 3. The van der Waals surface area contributed by atoms with Crippen LogP contribution in [0.1, 0.15) is 32.6 Å². The number of nitriles is 1. The van der Waals surface area contributed by atoms with Crippen molar-refractivity contribution in [3.63, 3.8) is 0 Å². The van der Waals surface area contributed by atoms with E-state index in [0.29, 0.717) is 5.92 Å². The fourth-order valence-corrected chi connectivity index (χ4v) is 2.77. The summed E-state index contributed by atoms with van der Waals surface area (Å²) in [7, 11) is 1.65. The lowest BCUT2D eigenvalue weighted by atomic mass is 9.77. The Bertz CT molecular complexity index is 452. The van der Waals surface area contributed by atoms with Crippen molar-refractivity contribution in [3.8, 4) is 11.8 Å². The Hall–Kier alpha value is -1.69. The number of hydrogen-bond donors (Lipinski definition) is 1. The van der Waals surface area contributed by atoms with Gasteiger partial charge in [0.2, 0.25) is 0 Å².